The zero-order valence-corrected chi connectivity index (χ0v) is 13.1. The smallest absolute Gasteiger partial charge is 0.315 e. The molecule has 1 rings (SSSR count). The Kier molecular flexibility index (Phi) is 8.12. The van der Waals surface area contributed by atoms with Crippen LogP contribution in [0, 0.1) is 5.92 Å². The van der Waals surface area contributed by atoms with Gasteiger partial charge in [-0.05, 0) is 31.6 Å². The van der Waals surface area contributed by atoms with Crippen LogP contribution in [0.2, 0.25) is 0 Å². The summed E-state index contributed by atoms with van der Waals surface area (Å²) in [5.74, 6) is -0.122. The molecule has 0 aromatic heterocycles. The molecule has 1 aliphatic rings. The third-order valence-electron chi connectivity index (χ3n) is 4.10. The molecule has 1 fully saturated rings. The third kappa shape index (κ3) is 7.32. The van der Waals surface area contributed by atoms with Crippen LogP contribution in [0.25, 0.3) is 0 Å². The predicted octanol–water partition coefficient (Wildman–Crippen LogP) is 2.13. The number of nitrogens with one attached hydrogen (secondary N) is 2. The van der Waals surface area contributed by atoms with Gasteiger partial charge in [-0.2, -0.15) is 0 Å². The van der Waals surface area contributed by atoms with Crippen molar-refractivity contribution in [1.29, 1.82) is 0 Å². The predicted molar refractivity (Wildman–Crippen MR) is 80.2 cm³/mol. The van der Waals surface area contributed by atoms with Crippen LogP contribution in [0.5, 0.6) is 0 Å². The number of urea groups is 1. The maximum absolute atomic E-state index is 11.8. The molecule has 122 valence electrons. The molecule has 1 unspecified atom stereocenters. The van der Waals surface area contributed by atoms with Gasteiger partial charge < -0.3 is 20.5 Å². The van der Waals surface area contributed by atoms with Gasteiger partial charge in [0.25, 0.3) is 0 Å². The van der Waals surface area contributed by atoms with Gasteiger partial charge in [-0.25, -0.2) is 4.79 Å². The quantitative estimate of drug-likeness (QED) is 0.641. The van der Waals surface area contributed by atoms with E-state index in [4.69, 9.17) is 9.84 Å². The maximum atomic E-state index is 11.8. The van der Waals surface area contributed by atoms with Crippen molar-refractivity contribution in [2.45, 2.75) is 64.0 Å². The van der Waals surface area contributed by atoms with Gasteiger partial charge in [-0.3, -0.25) is 4.79 Å². The van der Waals surface area contributed by atoms with E-state index in [1.807, 2.05) is 0 Å². The van der Waals surface area contributed by atoms with E-state index in [-0.39, 0.29) is 25.0 Å². The molecule has 21 heavy (non-hydrogen) atoms. The van der Waals surface area contributed by atoms with Crippen LogP contribution >= 0.6 is 0 Å². The summed E-state index contributed by atoms with van der Waals surface area (Å²) in [7, 11) is 1.45. The Balaban J connectivity index is 2.20. The van der Waals surface area contributed by atoms with Crippen LogP contribution in [0.1, 0.15) is 51.9 Å². The minimum Gasteiger partial charge on any atom is -0.481 e. The zero-order chi connectivity index (χ0) is 15.7. The van der Waals surface area contributed by atoms with Crippen molar-refractivity contribution in [3.05, 3.63) is 0 Å². The Labute approximate surface area is 126 Å². The maximum Gasteiger partial charge on any atom is 0.315 e. The SMILES string of the molecule is CCCC1CCC(NC(=O)NCC(CC(=O)O)OC)CC1. The second-order valence-electron chi connectivity index (χ2n) is 5.82. The average Bonchev–Trinajstić information content (AvgIpc) is 2.45. The summed E-state index contributed by atoms with van der Waals surface area (Å²) in [5.41, 5.74) is 0. The van der Waals surface area contributed by atoms with Crippen molar-refractivity contribution in [1.82, 2.24) is 10.6 Å². The molecule has 0 aromatic carbocycles. The van der Waals surface area contributed by atoms with Crippen molar-refractivity contribution in [3.63, 3.8) is 0 Å². The number of rotatable bonds is 8. The molecule has 1 atom stereocenters. The van der Waals surface area contributed by atoms with E-state index in [9.17, 15) is 9.59 Å². The number of aliphatic carboxylic acids is 1. The van der Waals surface area contributed by atoms with Gasteiger partial charge in [0.05, 0.1) is 12.5 Å². The summed E-state index contributed by atoms with van der Waals surface area (Å²) >= 11 is 0. The molecule has 6 nitrogen and oxygen atoms in total. The van der Waals surface area contributed by atoms with Gasteiger partial charge in [-0.1, -0.05) is 19.8 Å². The average molecular weight is 300 g/mol. The van der Waals surface area contributed by atoms with Crippen LogP contribution in [-0.2, 0) is 9.53 Å². The Bertz CT molecular complexity index is 328. The van der Waals surface area contributed by atoms with Crippen molar-refractivity contribution >= 4 is 12.0 Å². The Morgan fingerprint density at radius 1 is 1.29 bits per heavy atom. The van der Waals surface area contributed by atoms with Gasteiger partial charge in [0.2, 0.25) is 0 Å². The largest absolute Gasteiger partial charge is 0.481 e. The topological polar surface area (TPSA) is 87.7 Å². The minimum absolute atomic E-state index is 0.112. The van der Waals surface area contributed by atoms with E-state index in [0.29, 0.717) is 0 Å². The molecular weight excluding hydrogens is 272 g/mol. The summed E-state index contributed by atoms with van der Waals surface area (Å²) in [6.45, 7) is 2.42. The lowest BCUT2D eigenvalue weighted by atomic mass is 9.83. The van der Waals surface area contributed by atoms with Gasteiger partial charge in [0, 0.05) is 19.7 Å². The number of carbonyl (C=O) groups excluding carboxylic acids is 1. The van der Waals surface area contributed by atoms with Gasteiger partial charge in [-0.15, -0.1) is 0 Å². The van der Waals surface area contributed by atoms with E-state index < -0.39 is 12.1 Å². The number of carboxylic acids is 1. The highest BCUT2D eigenvalue weighted by molar-refractivity contribution is 5.74. The summed E-state index contributed by atoms with van der Waals surface area (Å²) in [6.07, 6.45) is 6.32. The fourth-order valence-electron chi connectivity index (χ4n) is 2.88. The van der Waals surface area contributed by atoms with Crippen LogP contribution < -0.4 is 10.6 Å². The van der Waals surface area contributed by atoms with Crippen molar-refractivity contribution in [2.75, 3.05) is 13.7 Å². The number of methoxy groups -OCH3 is 1. The minimum atomic E-state index is -0.932. The summed E-state index contributed by atoms with van der Waals surface area (Å²) in [6, 6.07) is -0.0000416. The van der Waals surface area contributed by atoms with Gasteiger partial charge in [0.15, 0.2) is 0 Å². The van der Waals surface area contributed by atoms with Crippen molar-refractivity contribution in [3.8, 4) is 0 Å². The molecule has 6 heteroatoms. The van der Waals surface area contributed by atoms with E-state index in [1.165, 1.54) is 32.8 Å². The van der Waals surface area contributed by atoms with Crippen LogP contribution in [0.15, 0.2) is 0 Å². The van der Waals surface area contributed by atoms with Crippen LogP contribution in [0.4, 0.5) is 4.79 Å². The molecule has 0 spiro atoms. The van der Waals surface area contributed by atoms with Gasteiger partial charge >= 0.3 is 12.0 Å². The summed E-state index contributed by atoms with van der Waals surface area (Å²) < 4.78 is 5.02. The van der Waals surface area contributed by atoms with E-state index >= 15 is 0 Å². The molecule has 1 saturated carbocycles. The summed E-state index contributed by atoms with van der Waals surface area (Å²) in [4.78, 5) is 22.4. The summed E-state index contributed by atoms with van der Waals surface area (Å²) in [5, 5.41) is 14.3. The number of ether oxygens (including phenoxy) is 1. The molecule has 0 radical (unpaired) electrons. The normalized spacial score (nSPS) is 23.3. The molecule has 0 aliphatic heterocycles. The lowest BCUT2D eigenvalue weighted by molar-refractivity contribution is -0.139. The molecule has 1 aliphatic carbocycles. The Morgan fingerprint density at radius 2 is 1.95 bits per heavy atom. The fraction of sp³-hybridized carbons (Fsp3) is 0.867. The number of amides is 2. The lowest BCUT2D eigenvalue weighted by Gasteiger charge is -2.29. The number of carboxylic acid groups (broad SMARTS) is 1. The van der Waals surface area contributed by atoms with E-state index in [0.717, 1.165) is 18.8 Å². The highest BCUT2D eigenvalue weighted by Gasteiger charge is 2.22. The number of hydrogen-bond donors (Lipinski definition) is 3. The second kappa shape index (κ2) is 9.60. The Hall–Kier alpha value is -1.30. The lowest BCUT2D eigenvalue weighted by Crippen LogP contribution is -2.46. The molecule has 2 amide bonds. The molecule has 0 aromatic rings. The van der Waals surface area contributed by atoms with Crippen LogP contribution in [0.3, 0.4) is 0 Å². The zero-order valence-electron chi connectivity index (χ0n) is 13.1. The van der Waals surface area contributed by atoms with Gasteiger partial charge in [0.1, 0.15) is 0 Å². The first-order valence-electron chi connectivity index (χ1n) is 7.84. The molecule has 0 saturated heterocycles. The number of carbonyl (C=O) groups is 2. The van der Waals surface area contributed by atoms with Crippen molar-refractivity contribution < 1.29 is 19.4 Å². The third-order valence-corrected chi connectivity index (χ3v) is 4.10. The highest BCUT2D eigenvalue weighted by Crippen LogP contribution is 2.27. The molecule has 0 heterocycles. The van der Waals surface area contributed by atoms with E-state index in [1.54, 1.807) is 0 Å². The van der Waals surface area contributed by atoms with Crippen molar-refractivity contribution in [2.24, 2.45) is 5.92 Å². The van der Waals surface area contributed by atoms with Crippen LogP contribution in [-0.4, -0.2) is 42.9 Å². The number of hydrogen-bond acceptors (Lipinski definition) is 3. The standard InChI is InChI=1S/C15H28N2O4/c1-3-4-11-5-7-12(8-6-11)17-15(20)16-10-13(21-2)9-14(18)19/h11-13H,3-10H2,1-2H3,(H,18,19)(H2,16,17,20). The Morgan fingerprint density at radius 3 is 2.48 bits per heavy atom. The molecule has 0 bridgehead atoms. The monoisotopic (exact) mass is 300 g/mol. The second-order valence-corrected chi connectivity index (χ2v) is 5.82. The van der Waals surface area contributed by atoms with E-state index in [2.05, 4.69) is 17.6 Å². The first-order chi connectivity index (χ1) is 10.0. The molecular formula is C15H28N2O4. The first kappa shape index (κ1) is 17.8. The first-order valence-corrected chi connectivity index (χ1v) is 7.84. The highest BCUT2D eigenvalue weighted by atomic mass is 16.5. The fourth-order valence-corrected chi connectivity index (χ4v) is 2.88. The molecule has 3 N–H and O–H groups in total.